The van der Waals surface area contributed by atoms with Crippen molar-refractivity contribution in [2.75, 3.05) is 18.8 Å². The monoisotopic (exact) mass is 356 g/mol. The van der Waals surface area contributed by atoms with Gasteiger partial charge in [-0.25, -0.2) is 8.42 Å². The second-order valence-electron chi connectivity index (χ2n) is 6.32. The number of benzene rings is 1. The standard InChI is InChI=1S/C16H21ClN2O3S/c17-12-1-5-15(6-2-12)23(21,22)11-16(20)18-13-7-9-19(10-8-13)14-3-4-14/h1-2,5-6,13-14H,3-4,7-11H2,(H,18,20). The average Bonchev–Trinajstić information content (AvgIpc) is 3.32. The number of likely N-dealkylation sites (tertiary alicyclic amines) is 1. The maximum atomic E-state index is 12.2. The van der Waals surface area contributed by atoms with E-state index in [2.05, 4.69) is 10.2 Å². The molecule has 7 heteroatoms. The van der Waals surface area contributed by atoms with Gasteiger partial charge in [0.1, 0.15) is 5.75 Å². The molecule has 1 aromatic carbocycles. The maximum Gasteiger partial charge on any atom is 0.235 e. The lowest BCUT2D eigenvalue weighted by Crippen LogP contribution is -2.46. The fourth-order valence-electron chi connectivity index (χ4n) is 3.02. The Hall–Kier alpha value is -1.11. The number of carbonyl (C=O) groups is 1. The molecule has 1 aliphatic heterocycles. The van der Waals surface area contributed by atoms with E-state index in [9.17, 15) is 13.2 Å². The van der Waals surface area contributed by atoms with Gasteiger partial charge in [-0.15, -0.1) is 0 Å². The van der Waals surface area contributed by atoms with Gasteiger partial charge in [0.25, 0.3) is 0 Å². The lowest BCUT2D eigenvalue weighted by molar-refractivity contribution is -0.119. The Kier molecular flexibility index (Phi) is 4.94. The predicted molar refractivity (Wildman–Crippen MR) is 89.3 cm³/mol. The Labute approximate surface area is 141 Å². The summed E-state index contributed by atoms with van der Waals surface area (Å²) in [5.74, 6) is -0.942. The van der Waals surface area contributed by atoms with Crippen molar-refractivity contribution in [3.63, 3.8) is 0 Å². The fourth-order valence-corrected chi connectivity index (χ4v) is 4.29. The van der Waals surface area contributed by atoms with Gasteiger partial charge in [-0.2, -0.15) is 0 Å². The van der Waals surface area contributed by atoms with E-state index < -0.39 is 21.5 Å². The van der Waals surface area contributed by atoms with Gasteiger partial charge in [-0.1, -0.05) is 11.6 Å². The SMILES string of the molecule is O=C(CS(=O)(=O)c1ccc(Cl)cc1)NC1CCN(C2CC2)CC1. The molecule has 0 aromatic heterocycles. The minimum Gasteiger partial charge on any atom is -0.352 e. The van der Waals surface area contributed by atoms with Crippen LogP contribution >= 0.6 is 11.6 Å². The molecule has 0 spiro atoms. The largest absolute Gasteiger partial charge is 0.352 e. The molecular weight excluding hydrogens is 336 g/mol. The number of halogens is 1. The third kappa shape index (κ3) is 4.46. The van der Waals surface area contributed by atoms with Crippen molar-refractivity contribution in [3.8, 4) is 0 Å². The Morgan fingerprint density at radius 1 is 1.13 bits per heavy atom. The Morgan fingerprint density at radius 3 is 2.30 bits per heavy atom. The number of carbonyl (C=O) groups excluding carboxylic acids is 1. The Balaban J connectivity index is 1.51. The quantitative estimate of drug-likeness (QED) is 0.874. The molecule has 0 radical (unpaired) electrons. The second kappa shape index (κ2) is 6.79. The molecule has 2 fully saturated rings. The first-order chi connectivity index (χ1) is 10.9. The summed E-state index contributed by atoms with van der Waals surface area (Å²) >= 11 is 5.76. The summed E-state index contributed by atoms with van der Waals surface area (Å²) in [5.41, 5.74) is 0. The average molecular weight is 357 g/mol. The van der Waals surface area contributed by atoms with Crippen LogP contribution in [0.1, 0.15) is 25.7 Å². The van der Waals surface area contributed by atoms with Gasteiger partial charge in [0.2, 0.25) is 5.91 Å². The molecule has 1 amide bonds. The van der Waals surface area contributed by atoms with E-state index in [1.54, 1.807) is 0 Å². The fraction of sp³-hybridized carbons (Fsp3) is 0.562. The normalized spacial score (nSPS) is 20.4. The van der Waals surface area contributed by atoms with Crippen LogP contribution in [0.3, 0.4) is 0 Å². The van der Waals surface area contributed by atoms with Crippen molar-refractivity contribution >= 4 is 27.3 Å². The van der Waals surface area contributed by atoms with Gasteiger partial charge in [-0.05, 0) is 49.9 Å². The summed E-state index contributed by atoms with van der Waals surface area (Å²) in [4.78, 5) is 14.7. The molecule has 1 heterocycles. The number of hydrogen-bond acceptors (Lipinski definition) is 4. The first-order valence-corrected chi connectivity index (χ1v) is 9.99. The van der Waals surface area contributed by atoms with Crippen molar-refractivity contribution in [2.45, 2.75) is 42.7 Å². The summed E-state index contributed by atoms with van der Waals surface area (Å²) < 4.78 is 24.5. The molecule has 1 saturated heterocycles. The van der Waals surface area contributed by atoms with E-state index in [-0.39, 0.29) is 10.9 Å². The molecule has 0 unspecified atom stereocenters. The van der Waals surface area contributed by atoms with Gasteiger partial charge in [0, 0.05) is 30.2 Å². The summed E-state index contributed by atoms with van der Waals surface area (Å²) in [7, 11) is -3.62. The molecule has 2 aliphatic rings. The third-order valence-corrected chi connectivity index (χ3v) is 6.34. The first-order valence-electron chi connectivity index (χ1n) is 7.96. The second-order valence-corrected chi connectivity index (χ2v) is 8.75. The topological polar surface area (TPSA) is 66.5 Å². The number of piperidine rings is 1. The van der Waals surface area contributed by atoms with Crippen LogP contribution in [0.2, 0.25) is 5.02 Å². The number of nitrogens with one attached hydrogen (secondary N) is 1. The van der Waals surface area contributed by atoms with Gasteiger partial charge in [-0.3, -0.25) is 4.79 Å². The molecule has 3 rings (SSSR count). The molecule has 5 nitrogen and oxygen atoms in total. The summed E-state index contributed by atoms with van der Waals surface area (Å²) in [6.45, 7) is 1.97. The summed E-state index contributed by atoms with van der Waals surface area (Å²) in [6.07, 6.45) is 4.36. The van der Waals surface area contributed by atoms with Gasteiger partial charge in [0.05, 0.1) is 4.90 Å². The molecule has 0 bridgehead atoms. The molecule has 1 saturated carbocycles. The predicted octanol–water partition coefficient (Wildman–Crippen LogP) is 1.86. The molecule has 1 aliphatic carbocycles. The van der Waals surface area contributed by atoms with Crippen LogP contribution in [-0.2, 0) is 14.6 Å². The van der Waals surface area contributed by atoms with Crippen molar-refractivity contribution < 1.29 is 13.2 Å². The highest BCUT2D eigenvalue weighted by molar-refractivity contribution is 7.92. The minimum absolute atomic E-state index is 0.0814. The van der Waals surface area contributed by atoms with Crippen LogP contribution in [-0.4, -0.2) is 50.2 Å². The molecule has 1 N–H and O–H groups in total. The zero-order valence-corrected chi connectivity index (χ0v) is 14.4. The lowest BCUT2D eigenvalue weighted by atomic mass is 10.1. The Morgan fingerprint density at radius 2 is 1.74 bits per heavy atom. The van der Waals surface area contributed by atoms with Crippen LogP contribution in [0, 0.1) is 0 Å². The summed E-state index contributed by atoms with van der Waals surface area (Å²) in [6, 6.07) is 6.72. The first kappa shape index (κ1) is 16.7. The van der Waals surface area contributed by atoms with Gasteiger partial charge in [0.15, 0.2) is 9.84 Å². The van der Waals surface area contributed by atoms with E-state index in [0.29, 0.717) is 5.02 Å². The van der Waals surface area contributed by atoms with Crippen LogP contribution in [0.4, 0.5) is 0 Å². The number of rotatable bonds is 5. The highest BCUT2D eigenvalue weighted by Gasteiger charge is 2.32. The van der Waals surface area contributed by atoms with Crippen molar-refractivity contribution in [1.29, 1.82) is 0 Å². The number of sulfone groups is 1. The van der Waals surface area contributed by atoms with Crippen LogP contribution < -0.4 is 5.32 Å². The third-order valence-electron chi connectivity index (χ3n) is 4.45. The van der Waals surface area contributed by atoms with Gasteiger partial charge < -0.3 is 10.2 Å². The van der Waals surface area contributed by atoms with Crippen LogP contribution in [0.5, 0.6) is 0 Å². The van der Waals surface area contributed by atoms with Crippen molar-refractivity contribution in [1.82, 2.24) is 10.2 Å². The molecule has 0 atom stereocenters. The molecule has 23 heavy (non-hydrogen) atoms. The van der Waals surface area contributed by atoms with Gasteiger partial charge >= 0.3 is 0 Å². The molecule has 126 valence electrons. The van der Waals surface area contributed by atoms with E-state index in [4.69, 9.17) is 11.6 Å². The van der Waals surface area contributed by atoms with Crippen LogP contribution in [0.25, 0.3) is 0 Å². The maximum absolute atomic E-state index is 12.2. The highest BCUT2D eigenvalue weighted by atomic mass is 35.5. The molecule has 1 aromatic rings. The number of nitrogens with zero attached hydrogens (tertiary/aromatic N) is 1. The zero-order valence-electron chi connectivity index (χ0n) is 12.9. The molecular formula is C16H21ClN2O3S. The van der Waals surface area contributed by atoms with Crippen molar-refractivity contribution in [2.24, 2.45) is 0 Å². The summed E-state index contributed by atoms with van der Waals surface area (Å²) in [5, 5.41) is 3.33. The van der Waals surface area contributed by atoms with E-state index in [1.807, 2.05) is 0 Å². The number of amides is 1. The minimum atomic E-state index is -3.62. The van der Waals surface area contributed by atoms with E-state index >= 15 is 0 Å². The van der Waals surface area contributed by atoms with Crippen molar-refractivity contribution in [3.05, 3.63) is 29.3 Å². The lowest BCUT2D eigenvalue weighted by Gasteiger charge is -2.32. The Bertz CT molecular complexity index is 663. The van der Waals surface area contributed by atoms with Crippen LogP contribution in [0.15, 0.2) is 29.2 Å². The number of hydrogen-bond donors (Lipinski definition) is 1. The van der Waals surface area contributed by atoms with E-state index in [1.165, 1.54) is 37.1 Å². The highest BCUT2D eigenvalue weighted by Crippen LogP contribution is 2.29. The van der Waals surface area contributed by atoms with E-state index in [0.717, 1.165) is 32.0 Å². The smallest absolute Gasteiger partial charge is 0.235 e. The zero-order chi connectivity index (χ0) is 16.4.